The zero-order chi connectivity index (χ0) is 12.0. The van der Waals surface area contributed by atoms with Crippen molar-refractivity contribution in [3.05, 3.63) is 41.7 Å². The van der Waals surface area contributed by atoms with Crippen molar-refractivity contribution in [1.29, 1.82) is 5.41 Å². The molecule has 0 atom stereocenters. The highest BCUT2D eigenvalue weighted by molar-refractivity contribution is 5.98. The van der Waals surface area contributed by atoms with E-state index < -0.39 is 0 Å². The topological polar surface area (TPSA) is 101 Å². The van der Waals surface area contributed by atoms with Crippen LogP contribution in [0.3, 0.4) is 0 Å². The lowest BCUT2D eigenvalue weighted by Gasteiger charge is -2.07. The smallest absolute Gasteiger partial charge is 0.255 e. The largest absolute Gasteiger partial charge is 0.481 e. The Morgan fingerprint density at radius 1 is 1.56 bits per heavy atom. The van der Waals surface area contributed by atoms with Crippen molar-refractivity contribution < 1.29 is 9.53 Å². The molecule has 4 N–H and O–H groups in total. The molecule has 0 aliphatic carbocycles. The number of nitrogens with one attached hydrogen (secondary N) is 2. The van der Waals surface area contributed by atoms with E-state index >= 15 is 0 Å². The first-order valence-corrected chi connectivity index (χ1v) is 4.44. The summed E-state index contributed by atoms with van der Waals surface area (Å²) in [5.74, 6) is -0.390. The van der Waals surface area contributed by atoms with E-state index in [2.05, 4.69) is 10.3 Å². The third-order valence-corrected chi connectivity index (χ3v) is 1.82. The molecule has 0 saturated carbocycles. The number of allylic oxidation sites excluding steroid dienone is 1. The van der Waals surface area contributed by atoms with Crippen molar-refractivity contribution in [2.24, 2.45) is 5.73 Å². The number of hydrogen-bond donors (Lipinski definition) is 3. The van der Waals surface area contributed by atoms with Crippen LogP contribution in [0.5, 0.6) is 0 Å². The Labute approximate surface area is 92.6 Å². The molecule has 0 aliphatic rings. The minimum atomic E-state index is -0.374. The first kappa shape index (κ1) is 11.7. The third-order valence-electron chi connectivity index (χ3n) is 1.82. The van der Waals surface area contributed by atoms with Crippen LogP contribution in [0.15, 0.2) is 36.1 Å². The minimum Gasteiger partial charge on any atom is -0.481 e. The predicted octanol–water partition coefficient (Wildman–Crippen LogP) is 0.235. The molecule has 1 rings (SSSR count). The summed E-state index contributed by atoms with van der Waals surface area (Å²) < 4.78 is 4.72. The molecule has 0 fully saturated rings. The standard InChI is InChI=1S/C10H12N4O2/c1-16-9(12)8(6-11)14-10(15)7-2-4-13-5-3-7/h2-6,11H,12H2,1H3,(H,14,15)/b9-8-,11-6?. The number of carbonyl (C=O) groups excluding carboxylic acids is 1. The van der Waals surface area contributed by atoms with Gasteiger partial charge in [0.1, 0.15) is 5.70 Å². The number of nitrogens with zero attached hydrogens (tertiary/aromatic N) is 1. The van der Waals surface area contributed by atoms with E-state index in [1.165, 1.54) is 19.5 Å². The lowest BCUT2D eigenvalue weighted by Crippen LogP contribution is -2.27. The summed E-state index contributed by atoms with van der Waals surface area (Å²) in [4.78, 5) is 15.4. The quantitative estimate of drug-likeness (QED) is 0.499. The Morgan fingerprint density at radius 2 is 2.19 bits per heavy atom. The second-order valence-electron chi connectivity index (χ2n) is 2.82. The highest BCUT2D eigenvalue weighted by atomic mass is 16.5. The van der Waals surface area contributed by atoms with Gasteiger partial charge in [-0.05, 0) is 12.1 Å². The van der Waals surface area contributed by atoms with Gasteiger partial charge in [-0.2, -0.15) is 0 Å². The Bertz CT molecular complexity index is 414. The van der Waals surface area contributed by atoms with Gasteiger partial charge in [0.2, 0.25) is 5.88 Å². The molecule has 0 spiro atoms. The average molecular weight is 220 g/mol. The Hall–Kier alpha value is -2.37. The number of nitrogens with two attached hydrogens (primary N) is 1. The van der Waals surface area contributed by atoms with Crippen LogP contribution in [-0.4, -0.2) is 24.2 Å². The van der Waals surface area contributed by atoms with Gasteiger partial charge in [0, 0.05) is 24.2 Å². The molecule has 1 aromatic rings. The average Bonchev–Trinajstić information content (AvgIpc) is 2.35. The molecule has 0 aliphatic heterocycles. The third kappa shape index (κ3) is 2.81. The normalized spacial score (nSPS) is 11.3. The monoisotopic (exact) mass is 220 g/mol. The van der Waals surface area contributed by atoms with Crippen LogP contribution in [0.1, 0.15) is 10.4 Å². The van der Waals surface area contributed by atoms with Gasteiger partial charge < -0.3 is 21.2 Å². The van der Waals surface area contributed by atoms with Crippen molar-refractivity contribution in [3.63, 3.8) is 0 Å². The summed E-state index contributed by atoms with van der Waals surface area (Å²) in [5.41, 5.74) is 5.98. The first-order chi connectivity index (χ1) is 7.69. The zero-order valence-electron chi connectivity index (χ0n) is 8.73. The molecule has 16 heavy (non-hydrogen) atoms. The van der Waals surface area contributed by atoms with Crippen LogP contribution >= 0.6 is 0 Å². The molecule has 1 amide bonds. The highest BCUT2D eigenvalue weighted by Gasteiger charge is 2.08. The van der Waals surface area contributed by atoms with Crippen molar-refractivity contribution in [2.75, 3.05) is 7.11 Å². The number of pyridine rings is 1. The van der Waals surface area contributed by atoms with Gasteiger partial charge in [0.15, 0.2) is 0 Å². The summed E-state index contributed by atoms with van der Waals surface area (Å²) in [6.07, 6.45) is 3.92. The maximum atomic E-state index is 11.6. The fourth-order valence-electron chi connectivity index (χ4n) is 0.977. The molecular formula is C10H12N4O2. The van der Waals surface area contributed by atoms with Crippen molar-refractivity contribution in [3.8, 4) is 0 Å². The number of carbonyl (C=O) groups is 1. The molecule has 1 heterocycles. The fraction of sp³-hybridized carbons (Fsp3) is 0.100. The lowest BCUT2D eigenvalue weighted by atomic mass is 10.2. The zero-order valence-corrected chi connectivity index (χ0v) is 8.73. The van der Waals surface area contributed by atoms with E-state index in [-0.39, 0.29) is 17.5 Å². The van der Waals surface area contributed by atoms with Gasteiger partial charge in [0.05, 0.1) is 7.11 Å². The Morgan fingerprint density at radius 3 is 2.69 bits per heavy atom. The fourth-order valence-corrected chi connectivity index (χ4v) is 0.977. The molecule has 0 saturated heterocycles. The maximum Gasteiger partial charge on any atom is 0.255 e. The first-order valence-electron chi connectivity index (χ1n) is 4.44. The van der Waals surface area contributed by atoms with Crippen molar-refractivity contribution in [2.45, 2.75) is 0 Å². The second kappa shape index (κ2) is 5.50. The molecule has 0 unspecified atom stereocenters. The molecule has 0 radical (unpaired) electrons. The van der Waals surface area contributed by atoms with Crippen LogP contribution in [0.2, 0.25) is 0 Å². The number of hydrogen-bond acceptors (Lipinski definition) is 5. The van der Waals surface area contributed by atoms with E-state index in [9.17, 15) is 4.79 Å². The lowest BCUT2D eigenvalue weighted by molar-refractivity contribution is 0.0965. The molecule has 84 valence electrons. The summed E-state index contributed by atoms with van der Waals surface area (Å²) in [6.45, 7) is 0. The minimum absolute atomic E-state index is 0.0163. The Balaban J connectivity index is 2.83. The number of ether oxygens (including phenoxy) is 1. The summed E-state index contributed by atoms with van der Waals surface area (Å²) in [6, 6.07) is 3.11. The van der Waals surface area contributed by atoms with E-state index in [0.717, 1.165) is 6.21 Å². The van der Waals surface area contributed by atoms with Gasteiger partial charge in [0.25, 0.3) is 5.91 Å². The summed E-state index contributed by atoms with van der Waals surface area (Å²) in [5, 5.41) is 9.53. The van der Waals surface area contributed by atoms with Crippen LogP contribution in [0, 0.1) is 5.41 Å². The van der Waals surface area contributed by atoms with Gasteiger partial charge in [-0.25, -0.2) is 0 Å². The number of aromatic nitrogens is 1. The molecular weight excluding hydrogens is 208 g/mol. The highest BCUT2D eigenvalue weighted by Crippen LogP contribution is 1.99. The van der Waals surface area contributed by atoms with Crippen LogP contribution in [0.4, 0.5) is 0 Å². The number of methoxy groups -OCH3 is 1. The van der Waals surface area contributed by atoms with Crippen LogP contribution in [-0.2, 0) is 4.74 Å². The van der Waals surface area contributed by atoms with Crippen LogP contribution in [0.25, 0.3) is 0 Å². The summed E-state index contributed by atoms with van der Waals surface area (Å²) >= 11 is 0. The molecule has 0 aromatic carbocycles. The molecule has 6 nitrogen and oxygen atoms in total. The van der Waals surface area contributed by atoms with Crippen molar-refractivity contribution >= 4 is 12.1 Å². The van der Waals surface area contributed by atoms with E-state index in [1.54, 1.807) is 12.1 Å². The number of rotatable bonds is 4. The van der Waals surface area contributed by atoms with Crippen LogP contribution < -0.4 is 11.1 Å². The molecule has 0 bridgehead atoms. The van der Waals surface area contributed by atoms with Gasteiger partial charge >= 0.3 is 0 Å². The number of amides is 1. The second-order valence-corrected chi connectivity index (χ2v) is 2.82. The van der Waals surface area contributed by atoms with E-state index in [4.69, 9.17) is 15.9 Å². The molecule has 6 heteroatoms. The van der Waals surface area contributed by atoms with Gasteiger partial charge in [-0.3, -0.25) is 9.78 Å². The van der Waals surface area contributed by atoms with Crippen molar-refractivity contribution in [1.82, 2.24) is 10.3 Å². The van der Waals surface area contributed by atoms with E-state index in [0.29, 0.717) is 5.56 Å². The summed E-state index contributed by atoms with van der Waals surface area (Å²) in [7, 11) is 1.36. The maximum absolute atomic E-state index is 11.6. The predicted molar refractivity (Wildman–Crippen MR) is 58.7 cm³/mol. The van der Waals surface area contributed by atoms with E-state index in [1.807, 2.05) is 0 Å². The van der Waals surface area contributed by atoms with Gasteiger partial charge in [-0.1, -0.05) is 0 Å². The van der Waals surface area contributed by atoms with Gasteiger partial charge in [-0.15, -0.1) is 0 Å². The SMILES string of the molecule is CO/C(N)=C(/C=N)NC(=O)c1ccncc1. The molecule has 1 aromatic heterocycles. The Kier molecular flexibility index (Phi) is 4.02.